The summed E-state index contributed by atoms with van der Waals surface area (Å²) >= 11 is 1.58. The fourth-order valence-corrected chi connectivity index (χ4v) is 1.64. The molecule has 0 aliphatic rings. The Morgan fingerprint density at radius 3 is 2.85 bits per heavy atom. The van der Waals surface area contributed by atoms with Crippen LogP contribution in [0.5, 0.6) is 0 Å². The molecule has 0 atom stereocenters. The largest absolute Gasteiger partial charge is 1.00 e. The molecule has 1 heterocycles. The molecule has 0 fully saturated rings. The molecule has 1 rings (SSSR count). The van der Waals surface area contributed by atoms with Gasteiger partial charge in [-0.1, -0.05) is 11.3 Å². The molecule has 0 bridgehead atoms. The number of carbonyl (C=O) groups excluding carboxylic acids is 1. The van der Waals surface area contributed by atoms with Crippen LogP contribution in [0.2, 0.25) is 0 Å². The first-order valence-electron chi connectivity index (χ1n) is 3.82. The lowest BCUT2D eigenvalue weighted by Crippen LogP contribution is -3.00. The topological polar surface area (TPSA) is 30.2 Å². The summed E-state index contributed by atoms with van der Waals surface area (Å²) in [6, 6.07) is 0. The predicted octanol–water partition coefficient (Wildman–Crippen LogP) is -2.09. The lowest BCUT2D eigenvalue weighted by molar-refractivity contribution is -0.687. The lowest BCUT2D eigenvalue weighted by Gasteiger charge is -1.96. The molecule has 0 aliphatic carbocycles. The summed E-state index contributed by atoms with van der Waals surface area (Å²) in [5.41, 5.74) is 3.00. The van der Waals surface area contributed by atoms with Crippen LogP contribution in [0.1, 0.15) is 12.6 Å². The lowest BCUT2D eigenvalue weighted by atomic mass is 10.5. The molecule has 0 unspecified atom stereocenters. The highest BCUT2D eigenvalue weighted by Crippen LogP contribution is 1.96. The Morgan fingerprint density at radius 1 is 1.69 bits per heavy atom. The van der Waals surface area contributed by atoms with Crippen molar-refractivity contribution in [3.05, 3.63) is 16.6 Å². The number of aryl methyl sites for hydroxylation is 1. The molecule has 1 aromatic rings. The van der Waals surface area contributed by atoms with E-state index in [-0.39, 0.29) is 23.0 Å². The molecule has 0 radical (unpaired) electrons. The number of esters is 1. The van der Waals surface area contributed by atoms with Gasteiger partial charge in [0.1, 0.15) is 0 Å². The van der Waals surface area contributed by atoms with Crippen LogP contribution in [-0.2, 0) is 16.1 Å². The van der Waals surface area contributed by atoms with Gasteiger partial charge in [-0.25, -0.2) is 4.79 Å². The summed E-state index contributed by atoms with van der Waals surface area (Å²) in [6.07, 6.45) is 0. The number of aromatic nitrogens is 1. The predicted molar refractivity (Wildman–Crippen MR) is 45.9 cm³/mol. The minimum Gasteiger partial charge on any atom is -1.00 e. The molecule has 0 aliphatic heterocycles. The summed E-state index contributed by atoms with van der Waals surface area (Å²) in [4.78, 5) is 11.0. The smallest absolute Gasteiger partial charge is 0.372 e. The van der Waals surface area contributed by atoms with Gasteiger partial charge in [-0.2, -0.15) is 4.57 Å². The number of thiazole rings is 1. The Labute approximate surface area is 92.1 Å². The summed E-state index contributed by atoms with van der Waals surface area (Å²) in [5.74, 6) is -0.177. The summed E-state index contributed by atoms with van der Waals surface area (Å²) in [7, 11) is 0. The van der Waals surface area contributed by atoms with Crippen molar-refractivity contribution in [3.63, 3.8) is 0 Å². The summed E-state index contributed by atoms with van der Waals surface area (Å²) < 4.78 is 6.69. The molecule has 0 N–H and O–H groups in total. The first-order chi connectivity index (χ1) is 5.74. The normalized spacial score (nSPS) is 9.08. The van der Waals surface area contributed by atoms with E-state index in [0.717, 1.165) is 5.69 Å². The number of hydrogen-bond acceptors (Lipinski definition) is 3. The van der Waals surface area contributed by atoms with E-state index < -0.39 is 0 Å². The van der Waals surface area contributed by atoms with Crippen molar-refractivity contribution in [1.82, 2.24) is 0 Å². The first-order valence-corrected chi connectivity index (χ1v) is 4.76. The Hall–Kier alpha value is -0.420. The molecule has 0 spiro atoms. The van der Waals surface area contributed by atoms with Crippen molar-refractivity contribution < 1.29 is 31.1 Å². The SMILES string of the molecule is CCOC(=O)C[n+]1cscc1C.[Br-]. The van der Waals surface area contributed by atoms with Gasteiger partial charge in [0.15, 0.2) is 5.69 Å². The molecule has 74 valence electrons. The van der Waals surface area contributed by atoms with Crippen LogP contribution >= 0.6 is 11.3 Å². The third-order valence-corrected chi connectivity index (χ3v) is 2.34. The average molecular weight is 266 g/mol. The minimum atomic E-state index is -0.177. The zero-order valence-corrected chi connectivity index (χ0v) is 10.0. The summed E-state index contributed by atoms with van der Waals surface area (Å²) in [6.45, 7) is 4.55. The van der Waals surface area contributed by atoms with E-state index in [1.54, 1.807) is 11.3 Å². The van der Waals surface area contributed by atoms with Gasteiger partial charge < -0.3 is 21.7 Å². The highest BCUT2D eigenvalue weighted by atomic mass is 79.9. The molecule has 13 heavy (non-hydrogen) atoms. The van der Waals surface area contributed by atoms with Crippen LogP contribution in [0.25, 0.3) is 0 Å². The number of halogens is 1. The second kappa shape index (κ2) is 6.10. The third-order valence-electron chi connectivity index (χ3n) is 1.48. The van der Waals surface area contributed by atoms with Crippen LogP contribution < -0.4 is 21.5 Å². The van der Waals surface area contributed by atoms with Gasteiger partial charge >= 0.3 is 5.97 Å². The Bertz CT molecular complexity index is 275. The van der Waals surface area contributed by atoms with Crippen molar-refractivity contribution in [2.45, 2.75) is 20.4 Å². The number of rotatable bonds is 3. The van der Waals surface area contributed by atoms with Gasteiger partial charge in [-0.05, 0) is 6.92 Å². The zero-order chi connectivity index (χ0) is 8.97. The molecule has 0 saturated carbocycles. The van der Waals surface area contributed by atoms with Crippen molar-refractivity contribution in [2.24, 2.45) is 0 Å². The zero-order valence-electron chi connectivity index (χ0n) is 7.62. The van der Waals surface area contributed by atoms with Gasteiger partial charge in [-0.15, -0.1) is 0 Å². The maximum Gasteiger partial charge on any atom is 0.372 e. The van der Waals surface area contributed by atoms with E-state index in [0.29, 0.717) is 13.2 Å². The first kappa shape index (κ1) is 12.6. The maximum atomic E-state index is 11.0. The van der Waals surface area contributed by atoms with Crippen LogP contribution in [0.3, 0.4) is 0 Å². The monoisotopic (exact) mass is 265 g/mol. The van der Waals surface area contributed by atoms with Crippen LogP contribution in [0, 0.1) is 6.92 Å². The molecular weight excluding hydrogens is 254 g/mol. The molecule has 1 aromatic heterocycles. The maximum absolute atomic E-state index is 11.0. The molecule has 0 aromatic carbocycles. The highest BCUT2D eigenvalue weighted by molar-refractivity contribution is 7.07. The van der Waals surface area contributed by atoms with E-state index in [9.17, 15) is 4.79 Å². The van der Waals surface area contributed by atoms with E-state index in [4.69, 9.17) is 4.74 Å². The van der Waals surface area contributed by atoms with Gasteiger partial charge in [-0.3, -0.25) is 0 Å². The van der Waals surface area contributed by atoms with Crippen molar-refractivity contribution in [3.8, 4) is 0 Å². The molecule has 0 amide bonds. The van der Waals surface area contributed by atoms with Crippen molar-refractivity contribution in [2.75, 3.05) is 6.61 Å². The van der Waals surface area contributed by atoms with Crippen LogP contribution in [-0.4, -0.2) is 12.6 Å². The fourth-order valence-electron chi connectivity index (χ4n) is 0.861. The average Bonchev–Trinajstić information content (AvgIpc) is 2.37. The van der Waals surface area contributed by atoms with E-state index >= 15 is 0 Å². The number of ether oxygens (including phenoxy) is 1. The fraction of sp³-hybridized carbons (Fsp3) is 0.500. The minimum absolute atomic E-state index is 0. The van der Waals surface area contributed by atoms with Crippen molar-refractivity contribution >= 4 is 17.3 Å². The third kappa shape index (κ3) is 3.87. The Morgan fingerprint density at radius 2 is 2.38 bits per heavy atom. The number of carbonyl (C=O) groups is 1. The second-order valence-corrected chi connectivity index (χ2v) is 3.15. The highest BCUT2D eigenvalue weighted by Gasteiger charge is 2.13. The molecule has 5 heteroatoms. The Kier molecular flexibility index (Phi) is 5.90. The quantitative estimate of drug-likeness (QED) is 0.464. The van der Waals surface area contributed by atoms with Gasteiger partial charge in [0.05, 0.1) is 12.0 Å². The van der Waals surface area contributed by atoms with Gasteiger partial charge in [0.2, 0.25) is 12.1 Å². The van der Waals surface area contributed by atoms with E-state index in [1.165, 1.54) is 0 Å². The summed E-state index contributed by atoms with van der Waals surface area (Å²) in [5, 5.41) is 2.00. The van der Waals surface area contributed by atoms with E-state index in [2.05, 4.69) is 0 Å². The second-order valence-electron chi connectivity index (χ2n) is 2.43. The number of nitrogens with zero attached hydrogens (tertiary/aromatic N) is 1. The van der Waals surface area contributed by atoms with Gasteiger partial charge in [0.25, 0.3) is 0 Å². The molecular formula is C8H12BrNO2S. The standard InChI is InChI=1S/C8H12NO2S.BrH/c1-3-11-8(10)4-9-6-12-5-7(9)2;/h5-6H,3-4H2,1-2H3;1H/q+1;/p-1. The van der Waals surface area contributed by atoms with Crippen LogP contribution in [0.15, 0.2) is 10.9 Å². The Balaban J connectivity index is 0.00000144. The van der Waals surface area contributed by atoms with Crippen molar-refractivity contribution in [1.29, 1.82) is 0 Å². The molecule has 3 nitrogen and oxygen atoms in total. The van der Waals surface area contributed by atoms with Crippen LogP contribution in [0.4, 0.5) is 0 Å². The van der Waals surface area contributed by atoms with Gasteiger partial charge in [0, 0.05) is 6.92 Å². The molecule has 0 saturated heterocycles. The van der Waals surface area contributed by atoms with E-state index in [1.807, 2.05) is 29.3 Å². The number of hydrogen-bond donors (Lipinski definition) is 0.